The first-order valence-corrected chi connectivity index (χ1v) is 8.17. The SMILES string of the molecule is CCn1cc(C(=O)NC(C)c2nnnn2C2CC2)c(C(C)C)n1. The van der Waals surface area contributed by atoms with Gasteiger partial charge in [-0.15, -0.1) is 5.10 Å². The Morgan fingerprint density at radius 2 is 2.13 bits per heavy atom. The van der Waals surface area contributed by atoms with Crippen LogP contribution in [0.4, 0.5) is 0 Å². The van der Waals surface area contributed by atoms with Gasteiger partial charge in [0.25, 0.3) is 5.91 Å². The first-order chi connectivity index (χ1) is 11.0. The number of tetrazole rings is 1. The van der Waals surface area contributed by atoms with Gasteiger partial charge in [-0.05, 0) is 43.0 Å². The van der Waals surface area contributed by atoms with E-state index in [1.807, 2.05) is 32.4 Å². The molecule has 2 heterocycles. The molecule has 1 aliphatic carbocycles. The molecule has 23 heavy (non-hydrogen) atoms. The monoisotopic (exact) mass is 317 g/mol. The Labute approximate surface area is 135 Å². The molecule has 1 fully saturated rings. The summed E-state index contributed by atoms with van der Waals surface area (Å²) in [6.07, 6.45) is 4.00. The lowest BCUT2D eigenvalue weighted by Gasteiger charge is -2.13. The Bertz CT molecular complexity index is 698. The Morgan fingerprint density at radius 1 is 1.39 bits per heavy atom. The van der Waals surface area contributed by atoms with Gasteiger partial charge in [0.15, 0.2) is 5.82 Å². The lowest BCUT2D eigenvalue weighted by atomic mass is 10.1. The van der Waals surface area contributed by atoms with E-state index in [0.717, 1.165) is 25.1 Å². The molecule has 1 N–H and O–H groups in total. The first kappa shape index (κ1) is 15.6. The minimum Gasteiger partial charge on any atom is -0.342 e. The van der Waals surface area contributed by atoms with Crippen molar-refractivity contribution in [2.75, 3.05) is 0 Å². The van der Waals surface area contributed by atoms with Crippen LogP contribution < -0.4 is 5.32 Å². The zero-order chi connectivity index (χ0) is 16.6. The number of carbonyl (C=O) groups excluding carboxylic acids is 1. The second-order valence-electron chi connectivity index (χ2n) is 6.35. The van der Waals surface area contributed by atoms with Crippen molar-refractivity contribution in [3.8, 4) is 0 Å². The number of amides is 1. The smallest absolute Gasteiger partial charge is 0.255 e. The molecule has 3 rings (SSSR count). The molecule has 2 aromatic rings. The number of rotatable bonds is 6. The maximum absolute atomic E-state index is 12.7. The summed E-state index contributed by atoms with van der Waals surface area (Å²) in [5.74, 6) is 0.761. The molecule has 1 amide bonds. The number of aromatic nitrogens is 6. The molecule has 8 heteroatoms. The summed E-state index contributed by atoms with van der Waals surface area (Å²) < 4.78 is 3.62. The van der Waals surface area contributed by atoms with Gasteiger partial charge in [0.05, 0.1) is 23.3 Å². The van der Waals surface area contributed by atoms with Gasteiger partial charge < -0.3 is 5.32 Å². The van der Waals surface area contributed by atoms with Crippen molar-refractivity contribution in [1.82, 2.24) is 35.3 Å². The molecule has 0 bridgehead atoms. The van der Waals surface area contributed by atoms with Crippen LogP contribution in [0.15, 0.2) is 6.20 Å². The van der Waals surface area contributed by atoms with Crippen molar-refractivity contribution >= 4 is 5.91 Å². The van der Waals surface area contributed by atoms with E-state index in [0.29, 0.717) is 17.4 Å². The van der Waals surface area contributed by atoms with Crippen molar-refractivity contribution < 1.29 is 4.79 Å². The summed E-state index contributed by atoms with van der Waals surface area (Å²) >= 11 is 0. The molecule has 0 spiro atoms. The second kappa shape index (κ2) is 6.10. The van der Waals surface area contributed by atoms with E-state index in [2.05, 4.69) is 25.9 Å². The number of aryl methyl sites for hydroxylation is 1. The summed E-state index contributed by atoms with van der Waals surface area (Å²) in [7, 11) is 0. The minimum atomic E-state index is -0.247. The number of hydrogen-bond acceptors (Lipinski definition) is 5. The van der Waals surface area contributed by atoms with Crippen LogP contribution in [-0.2, 0) is 6.54 Å². The van der Waals surface area contributed by atoms with Crippen LogP contribution in [0.3, 0.4) is 0 Å². The Kier molecular flexibility index (Phi) is 4.14. The summed E-state index contributed by atoms with van der Waals surface area (Å²) in [4.78, 5) is 12.7. The maximum atomic E-state index is 12.7. The minimum absolute atomic E-state index is 0.133. The zero-order valence-corrected chi connectivity index (χ0v) is 14.0. The van der Waals surface area contributed by atoms with Crippen LogP contribution in [0.25, 0.3) is 0 Å². The number of carbonyl (C=O) groups is 1. The van der Waals surface area contributed by atoms with E-state index in [-0.39, 0.29) is 17.9 Å². The van der Waals surface area contributed by atoms with E-state index in [4.69, 9.17) is 0 Å². The third-order valence-corrected chi connectivity index (χ3v) is 4.05. The molecule has 2 aromatic heterocycles. The molecule has 124 valence electrons. The third-order valence-electron chi connectivity index (χ3n) is 4.05. The van der Waals surface area contributed by atoms with Crippen molar-refractivity contribution in [1.29, 1.82) is 0 Å². The van der Waals surface area contributed by atoms with E-state index < -0.39 is 0 Å². The number of nitrogens with one attached hydrogen (secondary N) is 1. The Balaban J connectivity index is 1.78. The number of hydrogen-bond donors (Lipinski definition) is 1. The topological polar surface area (TPSA) is 90.5 Å². The molecule has 1 saturated carbocycles. The molecule has 1 aliphatic rings. The number of nitrogens with zero attached hydrogens (tertiary/aromatic N) is 6. The normalized spacial score (nSPS) is 15.9. The van der Waals surface area contributed by atoms with E-state index in [1.165, 1.54) is 0 Å². The average Bonchev–Trinajstić information content (AvgIpc) is 3.08. The molecular weight excluding hydrogens is 294 g/mol. The quantitative estimate of drug-likeness (QED) is 0.878. The van der Waals surface area contributed by atoms with Crippen LogP contribution in [0.5, 0.6) is 0 Å². The molecular formula is C15H23N7O. The molecule has 0 aromatic carbocycles. The van der Waals surface area contributed by atoms with Crippen molar-refractivity contribution in [2.24, 2.45) is 0 Å². The lowest BCUT2D eigenvalue weighted by Crippen LogP contribution is -2.29. The van der Waals surface area contributed by atoms with Gasteiger partial charge in [-0.1, -0.05) is 13.8 Å². The van der Waals surface area contributed by atoms with Crippen LogP contribution in [0, 0.1) is 0 Å². The van der Waals surface area contributed by atoms with Crippen molar-refractivity contribution in [2.45, 2.75) is 65.1 Å². The van der Waals surface area contributed by atoms with Crippen LogP contribution in [-0.4, -0.2) is 35.9 Å². The van der Waals surface area contributed by atoms with Gasteiger partial charge in [-0.2, -0.15) is 5.10 Å². The van der Waals surface area contributed by atoms with Gasteiger partial charge in [0, 0.05) is 12.7 Å². The first-order valence-electron chi connectivity index (χ1n) is 8.17. The summed E-state index contributed by atoms with van der Waals surface area (Å²) in [6, 6.07) is 0.136. The lowest BCUT2D eigenvalue weighted by molar-refractivity contribution is 0.0936. The fourth-order valence-corrected chi connectivity index (χ4v) is 2.60. The fourth-order valence-electron chi connectivity index (χ4n) is 2.60. The molecule has 1 atom stereocenters. The molecule has 0 saturated heterocycles. The van der Waals surface area contributed by atoms with Crippen LogP contribution in [0.1, 0.15) is 80.4 Å². The fraction of sp³-hybridized carbons (Fsp3) is 0.667. The van der Waals surface area contributed by atoms with E-state index >= 15 is 0 Å². The average molecular weight is 317 g/mol. The van der Waals surface area contributed by atoms with Gasteiger partial charge in [0.1, 0.15) is 0 Å². The molecule has 8 nitrogen and oxygen atoms in total. The van der Waals surface area contributed by atoms with E-state index in [1.54, 1.807) is 10.9 Å². The van der Waals surface area contributed by atoms with Gasteiger partial charge in [0.2, 0.25) is 0 Å². The van der Waals surface area contributed by atoms with Crippen LogP contribution in [0.2, 0.25) is 0 Å². The predicted octanol–water partition coefficient (Wildman–Crippen LogP) is 1.84. The maximum Gasteiger partial charge on any atom is 0.255 e. The highest BCUT2D eigenvalue weighted by atomic mass is 16.1. The zero-order valence-electron chi connectivity index (χ0n) is 14.0. The summed E-state index contributed by atoms with van der Waals surface area (Å²) in [5, 5.41) is 19.3. The third kappa shape index (κ3) is 3.11. The van der Waals surface area contributed by atoms with E-state index in [9.17, 15) is 4.79 Å². The second-order valence-corrected chi connectivity index (χ2v) is 6.35. The largest absolute Gasteiger partial charge is 0.342 e. The Morgan fingerprint density at radius 3 is 2.74 bits per heavy atom. The molecule has 0 radical (unpaired) electrons. The van der Waals surface area contributed by atoms with Crippen molar-refractivity contribution in [3.63, 3.8) is 0 Å². The van der Waals surface area contributed by atoms with Gasteiger partial charge in [-0.25, -0.2) is 4.68 Å². The highest BCUT2D eigenvalue weighted by Gasteiger charge is 2.30. The highest BCUT2D eigenvalue weighted by Crippen LogP contribution is 2.35. The van der Waals surface area contributed by atoms with Gasteiger partial charge in [-0.3, -0.25) is 9.48 Å². The van der Waals surface area contributed by atoms with Crippen LogP contribution >= 0.6 is 0 Å². The Hall–Kier alpha value is -2.25. The predicted molar refractivity (Wildman–Crippen MR) is 84.0 cm³/mol. The standard InChI is InChI=1S/C15H23N7O/c1-5-21-8-12(13(18-21)9(2)3)15(23)16-10(4)14-17-19-20-22(14)11-6-7-11/h8-11H,5-7H2,1-4H3,(H,16,23). The van der Waals surface area contributed by atoms with Crippen molar-refractivity contribution in [3.05, 3.63) is 23.3 Å². The summed E-state index contributed by atoms with van der Waals surface area (Å²) in [5.41, 5.74) is 1.44. The molecule has 1 unspecified atom stereocenters. The summed E-state index contributed by atoms with van der Waals surface area (Å²) in [6.45, 7) is 8.72. The van der Waals surface area contributed by atoms with Gasteiger partial charge >= 0.3 is 0 Å². The highest BCUT2D eigenvalue weighted by molar-refractivity contribution is 5.95. The molecule has 0 aliphatic heterocycles.